The van der Waals surface area contributed by atoms with Crippen LogP contribution in [0.3, 0.4) is 0 Å². The summed E-state index contributed by atoms with van der Waals surface area (Å²) in [5.74, 6) is -0.972. The summed E-state index contributed by atoms with van der Waals surface area (Å²) in [4.78, 5) is 25.5. The van der Waals surface area contributed by atoms with Gasteiger partial charge in [0.1, 0.15) is 5.82 Å². The Balaban J connectivity index is 1.94. The number of anilines is 1. The fourth-order valence-corrected chi connectivity index (χ4v) is 2.26. The molecule has 0 aliphatic carbocycles. The number of likely N-dealkylation sites (N-methyl/N-ethyl adjacent to an activating group) is 1. The van der Waals surface area contributed by atoms with E-state index < -0.39 is 0 Å². The van der Waals surface area contributed by atoms with Gasteiger partial charge in [-0.1, -0.05) is 24.3 Å². The Labute approximate surface area is 147 Å². The number of nitrogens with zero attached hydrogens (tertiary/aromatic N) is 1. The highest BCUT2D eigenvalue weighted by Gasteiger charge is 2.11. The van der Waals surface area contributed by atoms with Gasteiger partial charge in [-0.25, -0.2) is 4.39 Å². The molecule has 5 heteroatoms. The average molecular weight is 340 g/mol. The predicted octanol–water partition coefficient (Wildman–Crippen LogP) is 3.55. The zero-order valence-electron chi connectivity index (χ0n) is 14.5. The van der Waals surface area contributed by atoms with E-state index in [1.165, 1.54) is 29.2 Å². The van der Waals surface area contributed by atoms with Gasteiger partial charge in [-0.15, -0.1) is 0 Å². The SMILES string of the molecule is Cc1ccc(C)c(NC(=O)CN(C)C(=O)/C=C/c2cccc(F)c2)c1. The number of aryl methyl sites for hydroxylation is 2. The standard InChI is InChI=1S/C20H21FN2O2/c1-14-7-8-15(2)18(11-14)22-19(24)13-23(3)20(25)10-9-16-5-4-6-17(21)12-16/h4-12H,13H2,1-3H3,(H,22,24)/b10-9+. The third kappa shape index (κ3) is 5.57. The molecule has 0 saturated carbocycles. The number of carbonyl (C=O) groups excluding carboxylic acids is 2. The molecule has 0 saturated heterocycles. The maximum absolute atomic E-state index is 13.1. The fourth-order valence-electron chi connectivity index (χ4n) is 2.26. The number of hydrogen-bond donors (Lipinski definition) is 1. The van der Waals surface area contributed by atoms with E-state index in [1.807, 2.05) is 32.0 Å². The van der Waals surface area contributed by atoms with Crippen molar-refractivity contribution in [2.45, 2.75) is 13.8 Å². The van der Waals surface area contributed by atoms with Crippen LogP contribution in [-0.4, -0.2) is 30.3 Å². The predicted molar refractivity (Wildman–Crippen MR) is 97.6 cm³/mol. The summed E-state index contributed by atoms with van der Waals surface area (Å²) >= 11 is 0. The molecular formula is C20H21FN2O2. The van der Waals surface area contributed by atoms with Crippen molar-refractivity contribution >= 4 is 23.6 Å². The molecule has 2 aromatic rings. The first-order chi connectivity index (χ1) is 11.8. The van der Waals surface area contributed by atoms with Gasteiger partial charge >= 0.3 is 0 Å². The Morgan fingerprint density at radius 3 is 2.64 bits per heavy atom. The van der Waals surface area contributed by atoms with Gasteiger partial charge in [0.25, 0.3) is 0 Å². The van der Waals surface area contributed by atoms with Crippen LogP contribution in [0.2, 0.25) is 0 Å². The first kappa shape index (κ1) is 18.4. The molecule has 0 spiro atoms. The molecule has 130 valence electrons. The number of amides is 2. The number of halogens is 1. The highest BCUT2D eigenvalue weighted by molar-refractivity contribution is 5.98. The van der Waals surface area contributed by atoms with Crippen LogP contribution in [0.15, 0.2) is 48.5 Å². The van der Waals surface area contributed by atoms with Crippen LogP contribution in [-0.2, 0) is 9.59 Å². The Hall–Kier alpha value is -2.95. The smallest absolute Gasteiger partial charge is 0.246 e. The summed E-state index contributed by atoms with van der Waals surface area (Å²) in [6.45, 7) is 3.79. The number of hydrogen-bond acceptors (Lipinski definition) is 2. The Bertz CT molecular complexity index is 815. The van der Waals surface area contributed by atoms with E-state index in [2.05, 4.69) is 5.32 Å². The maximum atomic E-state index is 13.1. The summed E-state index contributed by atoms with van der Waals surface area (Å²) in [5.41, 5.74) is 3.32. The fraction of sp³-hybridized carbons (Fsp3) is 0.200. The number of carbonyl (C=O) groups is 2. The average Bonchev–Trinajstić information content (AvgIpc) is 2.56. The van der Waals surface area contributed by atoms with Crippen LogP contribution < -0.4 is 5.32 Å². The molecule has 0 aliphatic heterocycles. The lowest BCUT2D eigenvalue weighted by molar-refractivity contribution is -0.129. The molecule has 0 heterocycles. The topological polar surface area (TPSA) is 49.4 Å². The van der Waals surface area contributed by atoms with Gasteiger partial charge in [-0.3, -0.25) is 9.59 Å². The molecule has 0 aliphatic rings. The maximum Gasteiger partial charge on any atom is 0.246 e. The van der Waals surface area contributed by atoms with E-state index >= 15 is 0 Å². The molecule has 0 bridgehead atoms. The van der Waals surface area contributed by atoms with E-state index in [4.69, 9.17) is 0 Å². The van der Waals surface area contributed by atoms with Crippen molar-refractivity contribution in [2.75, 3.05) is 18.9 Å². The van der Waals surface area contributed by atoms with Crippen molar-refractivity contribution in [3.8, 4) is 0 Å². The van der Waals surface area contributed by atoms with E-state index in [0.717, 1.165) is 16.8 Å². The highest BCUT2D eigenvalue weighted by Crippen LogP contribution is 2.16. The zero-order valence-corrected chi connectivity index (χ0v) is 14.5. The summed E-state index contributed by atoms with van der Waals surface area (Å²) in [6, 6.07) is 11.7. The molecule has 0 unspecified atom stereocenters. The van der Waals surface area contributed by atoms with E-state index in [-0.39, 0.29) is 24.2 Å². The van der Waals surface area contributed by atoms with Crippen LogP contribution in [0.25, 0.3) is 6.08 Å². The summed E-state index contributed by atoms with van der Waals surface area (Å²) in [7, 11) is 1.54. The van der Waals surface area contributed by atoms with Crippen LogP contribution in [0.5, 0.6) is 0 Å². The summed E-state index contributed by atoms with van der Waals surface area (Å²) < 4.78 is 13.1. The third-order valence-electron chi connectivity index (χ3n) is 3.69. The molecule has 0 aromatic heterocycles. The van der Waals surface area contributed by atoms with Crippen molar-refractivity contribution in [1.29, 1.82) is 0 Å². The van der Waals surface area contributed by atoms with Gasteiger partial charge < -0.3 is 10.2 Å². The third-order valence-corrected chi connectivity index (χ3v) is 3.69. The van der Waals surface area contributed by atoms with Crippen molar-refractivity contribution in [3.63, 3.8) is 0 Å². The van der Waals surface area contributed by atoms with Crippen molar-refractivity contribution < 1.29 is 14.0 Å². The van der Waals surface area contributed by atoms with Crippen molar-refractivity contribution in [1.82, 2.24) is 4.90 Å². The van der Waals surface area contributed by atoms with Gasteiger partial charge in [0.15, 0.2) is 0 Å². The molecule has 2 rings (SSSR count). The van der Waals surface area contributed by atoms with Crippen molar-refractivity contribution in [3.05, 3.63) is 71.0 Å². The minimum Gasteiger partial charge on any atom is -0.333 e. The molecule has 0 fully saturated rings. The number of nitrogens with one attached hydrogen (secondary N) is 1. The molecule has 2 aromatic carbocycles. The second-order valence-electron chi connectivity index (χ2n) is 5.95. The molecule has 2 amide bonds. The van der Waals surface area contributed by atoms with Gasteiger partial charge in [-0.2, -0.15) is 0 Å². The minimum atomic E-state index is -0.365. The van der Waals surface area contributed by atoms with Gasteiger partial charge in [0.05, 0.1) is 6.54 Å². The summed E-state index contributed by atoms with van der Waals surface area (Å²) in [5, 5.41) is 2.81. The second kappa shape index (κ2) is 8.24. The molecule has 0 atom stereocenters. The van der Waals surface area contributed by atoms with Crippen LogP contribution >= 0.6 is 0 Å². The summed E-state index contributed by atoms with van der Waals surface area (Å²) in [6.07, 6.45) is 2.84. The highest BCUT2D eigenvalue weighted by atomic mass is 19.1. The molecule has 4 nitrogen and oxygen atoms in total. The van der Waals surface area contributed by atoms with Crippen LogP contribution in [0.1, 0.15) is 16.7 Å². The Morgan fingerprint density at radius 1 is 1.16 bits per heavy atom. The largest absolute Gasteiger partial charge is 0.333 e. The Kier molecular flexibility index (Phi) is 6.06. The monoisotopic (exact) mass is 340 g/mol. The number of rotatable bonds is 5. The molecule has 0 radical (unpaired) electrons. The van der Waals surface area contributed by atoms with Crippen LogP contribution in [0, 0.1) is 19.7 Å². The minimum absolute atomic E-state index is 0.0697. The molecule has 1 N–H and O–H groups in total. The van der Waals surface area contributed by atoms with Gasteiger partial charge in [0.2, 0.25) is 11.8 Å². The lowest BCUT2D eigenvalue weighted by Crippen LogP contribution is -2.34. The van der Waals surface area contributed by atoms with Crippen LogP contribution in [0.4, 0.5) is 10.1 Å². The second-order valence-corrected chi connectivity index (χ2v) is 5.95. The first-order valence-corrected chi connectivity index (χ1v) is 7.91. The van der Waals surface area contributed by atoms with Crippen molar-refractivity contribution in [2.24, 2.45) is 0 Å². The van der Waals surface area contributed by atoms with E-state index in [0.29, 0.717) is 5.56 Å². The first-order valence-electron chi connectivity index (χ1n) is 7.91. The lowest BCUT2D eigenvalue weighted by atomic mass is 10.1. The molecule has 25 heavy (non-hydrogen) atoms. The van der Waals surface area contributed by atoms with Gasteiger partial charge in [-0.05, 0) is 54.8 Å². The zero-order chi connectivity index (χ0) is 18.4. The van der Waals surface area contributed by atoms with Gasteiger partial charge in [0, 0.05) is 18.8 Å². The molecular weight excluding hydrogens is 319 g/mol. The Morgan fingerprint density at radius 2 is 1.92 bits per heavy atom. The number of benzene rings is 2. The normalized spacial score (nSPS) is 10.7. The lowest BCUT2D eigenvalue weighted by Gasteiger charge is -2.16. The van der Waals surface area contributed by atoms with E-state index in [1.54, 1.807) is 19.2 Å². The quantitative estimate of drug-likeness (QED) is 0.846. The van der Waals surface area contributed by atoms with E-state index in [9.17, 15) is 14.0 Å².